The molecule has 0 unspecified atom stereocenters. The number of benzene rings is 2. The zero-order valence-corrected chi connectivity index (χ0v) is 17.6. The highest BCUT2D eigenvalue weighted by molar-refractivity contribution is 5.98. The van der Waals surface area contributed by atoms with E-state index in [9.17, 15) is 19.1 Å². The van der Waals surface area contributed by atoms with E-state index in [0.717, 1.165) is 11.3 Å². The molecule has 2 saturated heterocycles. The zero-order chi connectivity index (χ0) is 22.2. The average molecular weight is 439 g/mol. The molecule has 32 heavy (non-hydrogen) atoms. The topological polar surface area (TPSA) is 82.1 Å². The van der Waals surface area contributed by atoms with Crippen molar-refractivity contribution in [3.8, 4) is 0 Å². The maximum atomic E-state index is 13.6. The number of nitrogens with one attached hydrogen (secondary N) is 1. The average Bonchev–Trinajstić information content (AvgIpc) is 2.79. The first-order valence-electron chi connectivity index (χ1n) is 11.0. The van der Waals surface area contributed by atoms with Gasteiger partial charge in [-0.25, -0.2) is 9.18 Å². The summed E-state index contributed by atoms with van der Waals surface area (Å²) in [6.45, 7) is 1.32. The molecule has 7 nitrogen and oxygen atoms in total. The molecule has 0 aromatic heterocycles. The first-order chi connectivity index (χ1) is 15.6. The van der Waals surface area contributed by atoms with E-state index in [-0.39, 0.29) is 30.4 Å². The Morgan fingerprint density at radius 3 is 2.66 bits per heavy atom. The Kier molecular flexibility index (Phi) is 5.57. The smallest absolute Gasteiger partial charge is 0.322 e. The van der Waals surface area contributed by atoms with Gasteiger partial charge in [-0.2, -0.15) is 0 Å². The molecule has 0 saturated carbocycles. The second-order valence-corrected chi connectivity index (χ2v) is 8.59. The highest BCUT2D eigenvalue weighted by Gasteiger charge is 2.55. The Morgan fingerprint density at radius 2 is 1.91 bits per heavy atom. The van der Waals surface area contributed by atoms with Crippen LogP contribution in [0.3, 0.4) is 0 Å². The number of fused-ring (bicyclic) bond motifs is 3. The molecule has 2 fully saturated rings. The van der Waals surface area contributed by atoms with E-state index in [2.05, 4.69) is 5.32 Å². The molecule has 8 heteroatoms. The van der Waals surface area contributed by atoms with Crippen LogP contribution in [-0.4, -0.2) is 60.4 Å². The van der Waals surface area contributed by atoms with Crippen LogP contribution in [-0.2, 0) is 9.53 Å². The Hall–Kier alpha value is -2.97. The lowest BCUT2D eigenvalue weighted by atomic mass is 9.72. The van der Waals surface area contributed by atoms with Crippen LogP contribution in [0.5, 0.6) is 0 Å². The minimum atomic E-state index is -0.442. The second-order valence-electron chi connectivity index (χ2n) is 8.59. The Morgan fingerprint density at radius 1 is 1.12 bits per heavy atom. The van der Waals surface area contributed by atoms with Crippen LogP contribution in [0, 0.1) is 11.7 Å². The minimum Gasteiger partial charge on any atom is -0.394 e. The van der Waals surface area contributed by atoms with Gasteiger partial charge >= 0.3 is 6.03 Å². The van der Waals surface area contributed by atoms with Crippen molar-refractivity contribution in [2.24, 2.45) is 5.92 Å². The molecule has 2 N–H and O–H groups in total. The molecule has 168 valence electrons. The lowest BCUT2D eigenvalue weighted by Gasteiger charge is -2.58. The molecule has 0 aliphatic carbocycles. The van der Waals surface area contributed by atoms with Crippen molar-refractivity contribution in [1.29, 1.82) is 0 Å². The largest absolute Gasteiger partial charge is 0.394 e. The van der Waals surface area contributed by atoms with Gasteiger partial charge in [0.25, 0.3) is 0 Å². The van der Waals surface area contributed by atoms with Crippen molar-refractivity contribution in [2.75, 3.05) is 36.6 Å². The maximum absolute atomic E-state index is 13.6. The summed E-state index contributed by atoms with van der Waals surface area (Å²) in [6.07, 6.45) is 1.38. The van der Waals surface area contributed by atoms with Crippen LogP contribution in [0.25, 0.3) is 0 Å². The molecule has 0 bridgehead atoms. The fraction of sp³-hybridized carbons (Fsp3) is 0.417. The standard InChI is InChI=1S/C24H26FN3O4/c25-16-4-3-5-17(12-16)26-24(31)28-20-13-27(23(30)15-8-10-32-11-9-15)19-7-2-1-6-18(19)22(20)21(28)14-29/h1-7,12,15,20-22,29H,8-11,13-14H2,(H,26,31)/t20-,21-,22+/m1/s1. The SMILES string of the molecule is O=C(C1CCOCC1)N1C[C@@H]2[C@H](c3ccccc31)[C@@H](CO)N2C(=O)Nc1cccc(F)c1. The van der Waals surface area contributed by atoms with Crippen LogP contribution >= 0.6 is 0 Å². The number of hydrogen-bond donors (Lipinski definition) is 2. The van der Waals surface area contributed by atoms with Gasteiger partial charge in [0.1, 0.15) is 5.82 Å². The van der Waals surface area contributed by atoms with Crippen molar-refractivity contribution in [1.82, 2.24) is 4.90 Å². The van der Waals surface area contributed by atoms with E-state index >= 15 is 0 Å². The number of amides is 3. The van der Waals surface area contributed by atoms with Gasteiger partial charge in [0, 0.05) is 43.0 Å². The van der Waals surface area contributed by atoms with E-state index in [4.69, 9.17) is 4.74 Å². The van der Waals surface area contributed by atoms with Crippen molar-refractivity contribution < 1.29 is 23.8 Å². The van der Waals surface area contributed by atoms with E-state index in [0.29, 0.717) is 38.3 Å². The summed E-state index contributed by atoms with van der Waals surface area (Å²) in [5.74, 6) is -0.551. The fourth-order valence-corrected chi connectivity index (χ4v) is 5.29. The lowest BCUT2D eigenvalue weighted by molar-refractivity contribution is -0.126. The third-order valence-corrected chi connectivity index (χ3v) is 6.83. The summed E-state index contributed by atoms with van der Waals surface area (Å²) < 4.78 is 19.0. The number of urea groups is 1. The number of likely N-dealkylation sites (tertiary alicyclic amines) is 1. The molecule has 3 aliphatic heterocycles. The highest BCUT2D eigenvalue weighted by atomic mass is 19.1. The molecule has 5 rings (SSSR count). The fourth-order valence-electron chi connectivity index (χ4n) is 5.29. The summed E-state index contributed by atoms with van der Waals surface area (Å²) in [4.78, 5) is 29.9. The van der Waals surface area contributed by atoms with Crippen molar-refractivity contribution in [3.63, 3.8) is 0 Å². The van der Waals surface area contributed by atoms with Crippen LogP contribution in [0.1, 0.15) is 24.3 Å². The molecule has 3 amide bonds. The number of carbonyl (C=O) groups excluding carboxylic acids is 2. The molecule has 0 radical (unpaired) electrons. The molecular weight excluding hydrogens is 413 g/mol. The number of aliphatic hydroxyl groups is 1. The van der Waals surface area contributed by atoms with Gasteiger partial charge in [0.05, 0.1) is 18.7 Å². The van der Waals surface area contributed by atoms with E-state index in [1.165, 1.54) is 18.2 Å². The summed E-state index contributed by atoms with van der Waals surface area (Å²) in [5, 5.41) is 12.8. The van der Waals surface area contributed by atoms with E-state index in [1.807, 2.05) is 24.3 Å². The first kappa shape index (κ1) is 20.9. The normalized spacial score (nSPS) is 24.9. The molecular formula is C24H26FN3O4. The van der Waals surface area contributed by atoms with Crippen molar-refractivity contribution in [3.05, 3.63) is 59.9 Å². The number of halogens is 1. The summed E-state index contributed by atoms with van der Waals surface area (Å²) >= 11 is 0. The van der Waals surface area contributed by atoms with Gasteiger partial charge in [-0.15, -0.1) is 0 Å². The van der Waals surface area contributed by atoms with Crippen LogP contribution < -0.4 is 10.2 Å². The van der Waals surface area contributed by atoms with Gasteiger partial charge in [-0.05, 0) is 42.7 Å². The molecule has 3 atom stereocenters. The number of carbonyl (C=O) groups is 2. The minimum absolute atomic E-state index is 0.0529. The lowest BCUT2D eigenvalue weighted by Crippen LogP contribution is -2.71. The molecule has 0 spiro atoms. The van der Waals surface area contributed by atoms with Gasteiger partial charge in [-0.3, -0.25) is 4.79 Å². The molecule has 3 aliphatic rings. The van der Waals surface area contributed by atoms with Crippen molar-refractivity contribution >= 4 is 23.3 Å². The van der Waals surface area contributed by atoms with Gasteiger partial charge < -0.3 is 25.0 Å². The third-order valence-electron chi connectivity index (χ3n) is 6.83. The monoisotopic (exact) mass is 439 g/mol. The Bertz CT molecular complexity index is 1030. The van der Waals surface area contributed by atoms with Crippen LogP contribution in [0.2, 0.25) is 0 Å². The predicted molar refractivity (Wildman–Crippen MR) is 117 cm³/mol. The summed E-state index contributed by atoms with van der Waals surface area (Å²) in [5.41, 5.74) is 2.17. The summed E-state index contributed by atoms with van der Waals surface area (Å²) in [7, 11) is 0. The number of rotatable bonds is 3. The van der Waals surface area contributed by atoms with E-state index in [1.54, 1.807) is 15.9 Å². The number of anilines is 2. The summed E-state index contributed by atoms with van der Waals surface area (Å²) in [6, 6.07) is 12.4. The number of aliphatic hydroxyl groups excluding tert-OH is 1. The molecule has 2 aromatic carbocycles. The first-order valence-corrected chi connectivity index (χ1v) is 11.0. The molecule has 2 aromatic rings. The maximum Gasteiger partial charge on any atom is 0.322 e. The van der Waals surface area contributed by atoms with Gasteiger partial charge in [0.2, 0.25) is 5.91 Å². The predicted octanol–water partition coefficient (Wildman–Crippen LogP) is 2.96. The van der Waals surface area contributed by atoms with Crippen molar-refractivity contribution in [2.45, 2.75) is 30.8 Å². The molecule has 3 heterocycles. The number of ether oxygens (including phenoxy) is 1. The van der Waals surface area contributed by atoms with E-state index < -0.39 is 17.9 Å². The van der Waals surface area contributed by atoms with Crippen LogP contribution in [0.4, 0.5) is 20.6 Å². The quantitative estimate of drug-likeness (QED) is 0.771. The third kappa shape index (κ3) is 3.53. The van der Waals surface area contributed by atoms with Gasteiger partial charge in [-0.1, -0.05) is 24.3 Å². The zero-order valence-electron chi connectivity index (χ0n) is 17.6. The van der Waals surface area contributed by atoms with Crippen LogP contribution in [0.15, 0.2) is 48.5 Å². The van der Waals surface area contributed by atoms with Gasteiger partial charge in [0.15, 0.2) is 0 Å². The number of nitrogens with zero attached hydrogens (tertiary/aromatic N) is 2. The Balaban J connectivity index is 1.43. The highest BCUT2D eigenvalue weighted by Crippen LogP contribution is 2.48. The second kappa shape index (κ2) is 8.52. The Labute approximate surface area is 185 Å². The number of para-hydroxylation sites is 1. The number of hydrogen-bond acceptors (Lipinski definition) is 4.